The molecule has 0 aliphatic carbocycles. The molecule has 0 unspecified atom stereocenters. The van der Waals surface area contributed by atoms with Gasteiger partial charge in [0.1, 0.15) is 11.8 Å². The van der Waals surface area contributed by atoms with Crippen molar-refractivity contribution in [3.8, 4) is 17.3 Å². The lowest BCUT2D eigenvalue weighted by atomic mass is 10.0. The molecule has 1 amide bonds. The predicted molar refractivity (Wildman–Crippen MR) is 81.9 cm³/mol. The molecule has 0 aliphatic rings. The minimum absolute atomic E-state index is 0.287. The molecule has 0 atom stereocenters. The van der Waals surface area contributed by atoms with Crippen molar-refractivity contribution in [1.29, 1.82) is 5.26 Å². The van der Waals surface area contributed by atoms with E-state index in [0.29, 0.717) is 16.3 Å². The van der Waals surface area contributed by atoms with E-state index in [9.17, 15) is 4.79 Å². The van der Waals surface area contributed by atoms with Crippen LogP contribution in [0.15, 0.2) is 30.3 Å². The average molecular weight is 300 g/mol. The molecule has 0 bridgehead atoms. The van der Waals surface area contributed by atoms with Gasteiger partial charge in [-0.25, -0.2) is 4.98 Å². The summed E-state index contributed by atoms with van der Waals surface area (Å²) in [7, 11) is 0. The lowest BCUT2D eigenvalue weighted by Gasteiger charge is -2.08. The zero-order chi connectivity index (χ0) is 15.4. The van der Waals surface area contributed by atoms with Gasteiger partial charge in [0.15, 0.2) is 0 Å². The largest absolute Gasteiger partial charge is 0.364 e. The Kier molecular flexibility index (Phi) is 4.56. The van der Waals surface area contributed by atoms with E-state index in [2.05, 4.69) is 4.98 Å². The number of carbonyl (C=O) groups is 1. The number of pyridine rings is 1. The van der Waals surface area contributed by atoms with Crippen molar-refractivity contribution >= 4 is 17.5 Å². The molecule has 1 aromatic carbocycles. The summed E-state index contributed by atoms with van der Waals surface area (Å²) in [4.78, 5) is 15.9. The number of nitriles is 1. The molecule has 0 radical (unpaired) electrons. The third-order valence-corrected chi connectivity index (χ3v) is 3.43. The molecule has 0 fully saturated rings. The average Bonchev–Trinajstić information content (AvgIpc) is 2.47. The molecular formula is C16H14ClN3O. The van der Waals surface area contributed by atoms with Crippen molar-refractivity contribution in [2.75, 3.05) is 0 Å². The van der Waals surface area contributed by atoms with Crippen LogP contribution in [0.25, 0.3) is 11.3 Å². The summed E-state index contributed by atoms with van der Waals surface area (Å²) >= 11 is 6.02. The maximum atomic E-state index is 11.5. The Hall–Kier alpha value is -2.38. The maximum Gasteiger partial charge on any atom is 0.267 e. The number of halogens is 1. The Morgan fingerprint density at radius 1 is 1.38 bits per heavy atom. The topological polar surface area (TPSA) is 79.8 Å². The summed E-state index contributed by atoms with van der Waals surface area (Å²) in [5.74, 6) is -0.542. The fourth-order valence-electron chi connectivity index (χ4n) is 2.10. The first-order valence-corrected chi connectivity index (χ1v) is 6.94. The summed E-state index contributed by atoms with van der Waals surface area (Å²) in [5, 5.41) is 9.24. The number of hydrogen-bond acceptors (Lipinski definition) is 3. The first-order chi connectivity index (χ1) is 10.1. The van der Waals surface area contributed by atoms with Gasteiger partial charge in [-0.1, -0.05) is 37.1 Å². The van der Waals surface area contributed by atoms with Gasteiger partial charge in [-0.05, 0) is 30.2 Å². The van der Waals surface area contributed by atoms with Crippen LogP contribution in [-0.2, 0) is 6.42 Å². The SMILES string of the molecule is CCCc1ccc(-c2ccc(C#N)c(Cl)c2)nc1C(N)=O. The molecular weight excluding hydrogens is 286 g/mol. The van der Waals surface area contributed by atoms with Crippen molar-refractivity contribution in [2.45, 2.75) is 19.8 Å². The highest BCUT2D eigenvalue weighted by Crippen LogP contribution is 2.25. The second kappa shape index (κ2) is 6.38. The minimum atomic E-state index is -0.542. The third-order valence-electron chi connectivity index (χ3n) is 3.12. The number of primary amides is 1. The van der Waals surface area contributed by atoms with Gasteiger partial charge in [-0.2, -0.15) is 5.26 Å². The van der Waals surface area contributed by atoms with Crippen LogP contribution >= 0.6 is 11.6 Å². The zero-order valence-electron chi connectivity index (χ0n) is 11.6. The number of aryl methyl sites for hydroxylation is 1. The van der Waals surface area contributed by atoms with Crippen molar-refractivity contribution < 1.29 is 4.79 Å². The normalized spacial score (nSPS) is 10.1. The van der Waals surface area contributed by atoms with Crippen molar-refractivity contribution in [2.24, 2.45) is 5.73 Å². The van der Waals surface area contributed by atoms with Crippen LogP contribution < -0.4 is 5.73 Å². The van der Waals surface area contributed by atoms with Gasteiger partial charge >= 0.3 is 0 Å². The molecule has 1 heterocycles. The van der Waals surface area contributed by atoms with Gasteiger partial charge in [0.25, 0.3) is 5.91 Å². The van der Waals surface area contributed by atoms with Crippen LogP contribution in [0.3, 0.4) is 0 Å². The molecule has 0 aliphatic heterocycles. The Labute approximate surface area is 128 Å². The van der Waals surface area contributed by atoms with E-state index >= 15 is 0 Å². The first-order valence-electron chi connectivity index (χ1n) is 6.56. The fraction of sp³-hybridized carbons (Fsp3) is 0.188. The first kappa shape index (κ1) is 15.0. The quantitative estimate of drug-likeness (QED) is 0.940. The Bertz CT molecular complexity index is 735. The molecule has 0 spiro atoms. The van der Waals surface area contributed by atoms with Gasteiger partial charge in [0.2, 0.25) is 0 Å². The van der Waals surface area contributed by atoms with E-state index < -0.39 is 5.91 Å². The summed E-state index contributed by atoms with van der Waals surface area (Å²) < 4.78 is 0. The fourth-order valence-corrected chi connectivity index (χ4v) is 2.32. The Balaban J connectivity index is 2.50. The number of aromatic nitrogens is 1. The Morgan fingerprint density at radius 2 is 2.14 bits per heavy atom. The van der Waals surface area contributed by atoms with Crippen LogP contribution in [0.4, 0.5) is 0 Å². The summed E-state index contributed by atoms with van der Waals surface area (Å²) in [5.41, 5.74) is 8.27. The molecule has 5 heteroatoms. The van der Waals surface area contributed by atoms with Crippen molar-refractivity contribution in [1.82, 2.24) is 4.98 Å². The van der Waals surface area contributed by atoms with E-state index in [0.717, 1.165) is 24.0 Å². The second-order valence-electron chi connectivity index (χ2n) is 4.62. The van der Waals surface area contributed by atoms with E-state index in [1.54, 1.807) is 18.2 Å². The van der Waals surface area contributed by atoms with E-state index in [1.807, 2.05) is 25.1 Å². The molecule has 1 aromatic heterocycles. The Morgan fingerprint density at radius 3 is 2.71 bits per heavy atom. The van der Waals surface area contributed by atoms with Crippen LogP contribution in [0.2, 0.25) is 5.02 Å². The molecule has 0 saturated heterocycles. The van der Waals surface area contributed by atoms with E-state index in [-0.39, 0.29) is 5.69 Å². The van der Waals surface area contributed by atoms with Crippen LogP contribution in [0.1, 0.15) is 35.0 Å². The van der Waals surface area contributed by atoms with Gasteiger partial charge in [-0.15, -0.1) is 0 Å². The van der Waals surface area contributed by atoms with Crippen molar-refractivity contribution in [3.63, 3.8) is 0 Å². The summed E-state index contributed by atoms with van der Waals surface area (Å²) in [6, 6.07) is 10.7. The smallest absolute Gasteiger partial charge is 0.267 e. The highest BCUT2D eigenvalue weighted by Gasteiger charge is 2.12. The lowest BCUT2D eigenvalue weighted by Crippen LogP contribution is -2.16. The minimum Gasteiger partial charge on any atom is -0.364 e. The van der Waals surface area contributed by atoms with Gasteiger partial charge in [0.05, 0.1) is 16.3 Å². The van der Waals surface area contributed by atoms with E-state index in [4.69, 9.17) is 22.6 Å². The number of carbonyl (C=O) groups excluding carboxylic acids is 1. The molecule has 2 aromatic rings. The van der Waals surface area contributed by atoms with Crippen LogP contribution in [0, 0.1) is 11.3 Å². The van der Waals surface area contributed by atoms with E-state index in [1.165, 1.54) is 0 Å². The molecule has 0 saturated carbocycles. The number of benzene rings is 1. The lowest BCUT2D eigenvalue weighted by molar-refractivity contribution is 0.0994. The van der Waals surface area contributed by atoms with Crippen molar-refractivity contribution in [3.05, 3.63) is 52.2 Å². The zero-order valence-corrected chi connectivity index (χ0v) is 12.3. The molecule has 2 N–H and O–H groups in total. The summed E-state index contributed by atoms with van der Waals surface area (Å²) in [6.07, 6.45) is 1.66. The van der Waals surface area contributed by atoms with Crippen LogP contribution in [-0.4, -0.2) is 10.9 Å². The highest BCUT2D eigenvalue weighted by atomic mass is 35.5. The number of amides is 1. The second-order valence-corrected chi connectivity index (χ2v) is 5.03. The molecule has 21 heavy (non-hydrogen) atoms. The van der Waals surface area contributed by atoms with Gasteiger partial charge < -0.3 is 5.73 Å². The number of rotatable bonds is 4. The highest BCUT2D eigenvalue weighted by molar-refractivity contribution is 6.32. The molecule has 2 rings (SSSR count). The number of nitrogens with two attached hydrogens (primary N) is 1. The summed E-state index contributed by atoms with van der Waals surface area (Å²) in [6.45, 7) is 2.03. The predicted octanol–water partition coefficient (Wildman–Crippen LogP) is 3.33. The standard InChI is InChI=1S/C16H14ClN3O/c1-2-3-10-6-7-14(20-15(10)16(19)21)11-4-5-12(9-18)13(17)8-11/h4-8H,2-3H2,1H3,(H2,19,21). The van der Waals surface area contributed by atoms with Gasteiger partial charge in [0, 0.05) is 5.56 Å². The number of nitrogens with zero attached hydrogens (tertiary/aromatic N) is 2. The van der Waals surface area contributed by atoms with Crippen LogP contribution in [0.5, 0.6) is 0 Å². The molecule has 4 nitrogen and oxygen atoms in total. The number of hydrogen-bond donors (Lipinski definition) is 1. The maximum absolute atomic E-state index is 11.5. The van der Waals surface area contributed by atoms with Gasteiger partial charge in [-0.3, -0.25) is 4.79 Å². The molecule has 106 valence electrons. The third kappa shape index (κ3) is 3.21. The monoisotopic (exact) mass is 299 g/mol.